The number of carbonyl (C=O) groups is 1. The van der Waals surface area contributed by atoms with Crippen molar-refractivity contribution in [3.05, 3.63) is 34.3 Å². The number of ether oxygens (including phenoxy) is 1. The summed E-state index contributed by atoms with van der Waals surface area (Å²) in [6.07, 6.45) is 0.652. The van der Waals surface area contributed by atoms with Gasteiger partial charge in [-0.15, -0.1) is 0 Å². The van der Waals surface area contributed by atoms with Crippen LogP contribution in [-0.4, -0.2) is 48.3 Å². The van der Waals surface area contributed by atoms with Gasteiger partial charge in [0.15, 0.2) is 0 Å². The molecule has 0 saturated carbocycles. The molecule has 0 aliphatic carbocycles. The molecule has 104 valence electrons. The van der Waals surface area contributed by atoms with Crippen molar-refractivity contribution < 1.29 is 14.6 Å². The topological polar surface area (TPSA) is 49.8 Å². The van der Waals surface area contributed by atoms with E-state index >= 15 is 0 Å². The molecule has 0 spiro atoms. The minimum Gasteiger partial charge on any atom is -0.394 e. The first-order valence-electron chi connectivity index (χ1n) is 6.27. The van der Waals surface area contributed by atoms with Crippen LogP contribution in [0.4, 0.5) is 0 Å². The second-order valence-corrected chi connectivity index (χ2v) is 5.28. The monoisotopic (exact) mass is 283 g/mol. The predicted molar refractivity (Wildman–Crippen MR) is 73.5 cm³/mol. The second-order valence-electron chi connectivity index (χ2n) is 4.85. The van der Waals surface area contributed by atoms with Crippen LogP contribution >= 0.6 is 11.6 Å². The number of rotatable bonds is 3. The molecule has 1 aromatic rings. The Morgan fingerprint density at radius 1 is 1.58 bits per heavy atom. The first kappa shape index (κ1) is 14.3. The highest BCUT2D eigenvalue weighted by atomic mass is 35.5. The summed E-state index contributed by atoms with van der Waals surface area (Å²) in [5.74, 6) is -0.0985. The lowest BCUT2D eigenvalue weighted by atomic mass is 10.1. The number of benzene rings is 1. The van der Waals surface area contributed by atoms with Crippen molar-refractivity contribution in [2.75, 3.05) is 20.3 Å². The van der Waals surface area contributed by atoms with Crippen LogP contribution in [0.2, 0.25) is 5.02 Å². The van der Waals surface area contributed by atoms with E-state index in [-0.39, 0.29) is 24.7 Å². The quantitative estimate of drug-likeness (QED) is 0.921. The molecule has 0 unspecified atom stereocenters. The van der Waals surface area contributed by atoms with E-state index in [0.29, 0.717) is 23.6 Å². The summed E-state index contributed by atoms with van der Waals surface area (Å²) in [6.45, 7) is 2.33. The summed E-state index contributed by atoms with van der Waals surface area (Å²) < 4.78 is 5.28. The van der Waals surface area contributed by atoms with Gasteiger partial charge in [-0.05, 0) is 31.0 Å². The lowest BCUT2D eigenvalue weighted by molar-refractivity contribution is 0.0647. The smallest absolute Gasteiger partial charge is 0.254 e. The summed E-state index contributed by atoms with van der Waals surface area (Å²) in [4.78, 5) is 14.2. The molecule has 1 heterocycles. The number of halogens is 1. The van der Waals surface area contributed by atoms with E-state index < -0.39 is 0 Å². The summed E-state index contributed by atoms with van der Waals surface area (Å²) >= 11 is 5.95. The molecule has 1 N–H and O–H groups in total. The van der Waals surface area contributed by atoms with Crippen LogP contribution in [0, 0.1) is 6.92 Å². The van der Waals surface area contributed by atoms with Crippen molar-refractivity contribution >= 4 is 17.5 Å². The van der Waals surface area contributed by atoms with Crippen LogP contribution in [0.3, 0.4) is 0 Å². The van der Waals surface area contributed by atoms with E-state index in [1.165, 1.54) is 0 Å². The third-order valence-electron chi connectivity index (χ3n) is 3.61. The highest BCUT2D eigenvalue weighted by Gasteiger charge is 2.35. The van der Waals surface area contributed by atoms with Gasteiger partial charge < -0.3 is 14.7 Å². The number of methoxy groups -OCH3 is 1. The number of carbonyl (C=O) groups excluding carboxylic acids is 1. The number of aliphatic hydroxyl groups is 1. The van der Waals surface area contributed by atoms with Crippen LogP contribution in [0.1, 0.15) is 22.3 Å². The van der Waals surface area contributed by atoms with Gasteiger partial charge in [-0.2, -0.15) is 0 Å². The van der Waals surface area contributed by atoms with Crippen LogP contribution in [0.15, 0.2) is 18.2 Å². The number of hydrogen-bond donors (Lipinski definition) is 1. The van der Waals surface area contributed by atoms with Crippen LogP contribution in [-0.2, 0) is 4.74 Å². The summed E-state index contributed by atoms with van der Waals surface area (Å²) in [6, 6.07) is 5.08. The molecule has 1 fully saturated rings. The summed E-state index contributed by atoms with van der Waals surface area (Å²) in [5.41, 5.74) is 1.47. The van der Waals surface area contributed by atoms with Crippen molar-refractivity contribution in [2.45, 2.75) is 25.5 Å². The number of hydrogen-bond acceptors (Lipinski definition) is 3. The Morgan fingerprint density at radius 2 is 2.32 bits per heavy atom. The predicted octanol–water partition coefficient (Wildman–Crippen LogP) is 1.87. The normalized spacial score (nSPS) is 22.8. The van der Waals surface area contributed by atoms with E-state index in [0.717, 1.165) is 5.56 Å². The van der Waals surface area contributed by atoms with E-state index in [2.05, 4.69) is 0 Å². The maximum Gasteiger partial charge on any atom is 0.254 e. The first-order chi connectivity index (χ1) is 9.06. The molecule has 5 heteroatoms. The van der Waals surface area contributed by atoms with Gasteiger partial charge >= 0.3 is 0 Å². The standard InChI is InChI=1S/C14H18ClNO3/c1-9-3-4-10(15)5-13(9)14(18)16-7-12(19-2)6-11(16)8-17/h3-5,11-12,17H,6-8H2,1-2H3/t11-,12+/m0/s1. The minimum absolute atomic E-state index is 0.0133. The average Bonchev–Trinajstić information content (AvgIpc) is 2.84. The first-order valence-corrected chi connectivity index (χ1v) is 6.65. The Kier molecular flexibility index (Phi) is 4.45. The molecule has 0 bridgehead atoms. The summed E-state index contributed by atoms with van der Waals surface area (Å²) in [5, 5.41) is 9.93. The zero-order valence-electron chi connectivity index (χ0n) is 11.1. The van der Waals surface area contributed by atoms with E-state index in [1.54, 1.807) is 24.1 Å². The highest BCUT2D eigenvalue weighted by molar-refractivity contribution is 6.31. The second kappa shape index (κ2) is 5.90. The molecule has 2 atom stereocenters. The van der Waals surface area contributed by atoms with Gasteiger partial charge in [-0.25, -0.2) is 0 Å². The molecule has 4 nitrogen and oxygen atoms in total. The van der Waals surface area contributed by atoms with Crippen LogP contribution in [0.25, 0.3) is 0 Å². The molecule has 2 rings (SSSR count). The van der Waals surface area contributed by atoms with E-state index in [1.807, 2.05) is 13.0 Å². The fraction of sp³-hybridized carbons (Fsp3) is 0.500. The van der Waals surface area contributed by atoms with Crippen LogP contribution in [0.5, 0.6) is 0 Å². The molecule has 0 aromatic heterocycles. The van der Waals surface area contributed by atoms with Gasteiger partial charge in [0, 0.05) is 24.2 Å². The van der Waals surface area contributed by atoms with Gasteiger partial charge in [0.25, 0.3) is 5.91 Å². The maximum atomic E-state index is 12.6. The van der Waals surface area contributed by atoms with E-state index in [9.17, 15) is 9.90 Å². The van der Waals surface area contributed by atoms with E-state index in [4.69, 9.17) is 16.3 Å². The molecule has 1 aliphatic rings. The Hall–Kier alpha value is -1.10. The SMILES string of the molecule is CO[C@@H]1C[C@@H](CO)N(C(=O)c2cc(Cl)ccc2C)C1. The molecular weight excluding hydrogens is 266 g/mol. The van der Waals surface area contributed by atoms with Gasteiger partial charge in [-0.3, -0.25) is 4.79 Å². The highest BCUT2D eigenvalue weighted by Crippen LogP contribution is 2.24. The third kappa shape index (κ3) is 2.91. The number of amides is 1. The fourth-order valence-corrected chi connectivity index (χ4v) is 2.62. The Morgan fingerprint density at radius 3 is 2.95 bits per heavy atom. The van der Waals surface area contributed by atoms with Crippen molar-refractivity contribution in [3.8, 4) is 0 Å². The van der Waals surface area contributed by atoms with Crippen molar-refractivity contribution in [3.63, 3.8) is 0 Å². The molecule has 0 radical (unpaired) electrons. The lowest BCUT2D eigenvalue weighted by Crippen LogP contribution is -2.38. The number of nitrogens with zero attached hydrogens (tertiary/aromatic N) is 1. The van der Waals surface area contributed by atoms with Gasteiger partial charge in [0.05, 0.1) is 18.8 Å². The van der Waals surface area contributed by atoms with Gasteiger partial charge in [-0.1, -0.05) is 17.7 Å². The zero-order chi connectivity index (χ0) is 14.0. The molecule has 1 aliphatic heterocycles. The number of aliphatic hydroxyl groups excluding tert-OH is 1. The third-order valence-corrected chi connectivity index (χ3v) is 3.85. The number of aryl methyl sites for hydroxylation is 1. The Labute approximate surface area is 117 Å². The zero-order valence-corrected chi connectivity index (χ0v) is 11.9. The molecular formula is C14H18ClNO3. The molecule has 19 heavy (non-hydrogen) atoms. The van der Waals surface area contributed by atoms with Gasteiger partial charge in [0.2, 0.25) is 0 Å². The largest absolute Gasteiger partial charge is 0.394 e. The Bertz CT molecular complexity index is 478. The minimum atomic E-state index is -0.184. The molecule has 1 aromatic carbocycles. The maximum absolute atomic E-state index is 12.6. The van der Waals surface area contributed by atoms with Crippen molar-refractivity contribution in [1.29, 1.82) is 0 Å². The average molecular weight is 284 g/mol. The fourth-order valence-electron chi connectivity index (χ4n) is 2.45. The van der Waals surface area contributed by atoms with Crippen LogP contribution < -0.4 is 0 Å². The van der Waals surface area contributed by atoms with Gasteiger partial charge in [0.1, 0.15) is 0 Å². The molecule has 1 saturated heterocycles. The van der Waals surface area contributed by atoms with Crippen molar-refractivity contribution in [2.24, 2.45) is 0 Å². The summed E-state index contributed by atoms with van der Waals surface area (Å²) in [7, 11) is 1.62. The number of likely N-dealkylation sites (tertiary alicyclic amines) is 1. The molecule has 1 amide bonds. The Balaban J connectivity index is 2.25. The van der Waals surface area contributed by atoms with Crippen molar-refractivity contribution in [1.82, 2.24) is 4.90 Å². The lowest BCUT2D eigenvalue weighted by Gasteiger charge is -2.23.